The molecule has 0 saturated carbocycles. The maximum Gasteiger partial charge on any atom is 0.273 e. The molecular formula is C22H19ClN4O3. The van der Waals surface area contributed by atoms with Gasteiger partial charge in [0, 0.05) is 43.0 Å². The topological polar surface area (TPSA) is 89.0 Å². The van der Waals surface area contributed by atoms with Gasteiger partial charge < -0.3 is 19.6 Å². The fraction of sp³-hybridized carbons (Fsp3) is 0.136. The number of hydrogen-bond acceptors (Lipinski definition) is 5. The average Bonchev–Trinajstić information content (AvgIpc) is 2.74. The number of anilines is 1. The van der Waals surface area contributed by atoms with E-state index in [1.807, 2.05) is 18.2 Å². The number of pyridine rings is 3. The van der Waals surface area contributed by atoms with Crippen LogP contribution >= 0.6 is 11.6 Å². The van der Waals surface area contributed by atoms with Crippen molar-refractivity contribution in [3.63, 3.8) is 0 Å². The Kier molecular flexibility index (Phi) is 5.54. The molecule has 0 atom stereocenters. The number of hydrogen-bond donors (Lipinski definition) is 2. The summed E-state index contributed by atoms with van der Waals surface area (Å²) in [4.78, 5) is 31.7. The summed E-state index contributed by atoms with van der Waals surface area (Å²) in [5, 5.41) is 4.22. The van der Waals surface area contributed by atoms with Gasteiger partial charge in [0.25, 0.3) is 11.1 Å². The van der Waals surface area contributed by atoms with E-state index in [1.54, 1.807) is 49.8 Å². The minimum Gasteiger partial charge on any atom is -0.486 e. The van der Waals surface area contributed by atoms with Crippen LogP contribution in [0.25, 0.3) is 10.9 Å². The third-order valence-electron chi connectivity index (χ3n) is 4.67. The highest BCUT2D eigenvalue weighted by molar-refractivity contribution is 6.32. The highest BCUT2D eigenvalue weighted by atomic mass is 35.5. The van der Waals surface area contributed by atoms with E-state index in [9.17, 15) is 9.59 Å². The molecule has 0 unspecified atom stereocenters. The first-order valence-electron chi connectivity index (χ1n) is 9.29. The molecule has 4 aromatic rings. The van der Waals surface area contributed by atoms with Crippen LogP contribution in [0.1, 0.15) is 11.3 Å². The van der Waals surface area contributed by atoms with E-state index >= 15 is 0 Å². The second-order valence-electron chi connectivity index (χ2n) is 6.79. The highest BCUT2D eigenvalue weighted by Crippen LogP contribution is 2.29. The van der Waals surface area contributed by atoms with Gasteiger partial charge in [0.1, 0.15) is 18.0 Å². The van der Waals surface area contributed by atoms with Crippen LogP contribution in [0.2, 0.25) is 5.02 Å². The number of halogens is 1. The van der Waals surface area contributed by atoms with Gasteiger partial charge in [-0.15, -0.1) is 0 Å². The summed E-state index contributed by atoms with van der Waals surface area (Å²) < 4.78 is 7.24. The fourth-order valence-electron chi connectivity index (χ4n) is 3.05. The Morgan fingerprint density at radius 3 is 2.83 bits per heavy atom. The van der Waals surface area contributed by atoms with Crippen molar-refractivity contribution in [3.05, 3.63) is 97.9 Å². The lowest BCUT2D eigenvalue weighted by molar-refractivity contribution is 0.302. The third-order valence-corrected chi connectivity index (χ3v) is 4.96. The lowest BCUT2D eigenvalue weighted by Gasteiger charge is -2.11. The normalized spacial score (nSPS) is 10.9. The summed E-state index contributed by atoms with van der Waals surface area (Å²) in [7, 11) is 1.67. The Morgan fingerprint density at radius 1 is 1.17 bits per heavy atom. The molecule has 0 amide bonds. The number of nitrogens with one attached hydrogen (secondary N) is 2. The number of aromatic amines is 1. The van der Waals surface area contributed by atoms with Crippen molar-refractivity contribution in [2.75, 3.05) is 5.32 Å². The summed E-state index contributed by atoms with van der Waals surface area (Å²) in [6.07, 6.45) is 3.37. The van der Waals surface area contributed by atoms with E-state index in [4.69, 9.17) is 16.3 Å². The van der Waals surface area contributed by atoms with E-state index < -0.39 is 0 Å². The quantitative estimate of drug-likeness (QED) is 0.496. The molecule has 0 aliphatic rings. The summed E-state index contributed by atoms with van der Waals surface area (Å²) >= 11 is 6.38. The Balaban J connectivity index is 1.57. The first-order valence-corrected chi connectivity index (χ1v) is 9.67. The molecule has 0 spiro atoms. The van der Waals surface area contributed by atoms with Gasteiger partial charge in [-0.1, -0.05) is 17.7 Å². The first kappa shape index (κ1) is 19.7. The van der Waals surface area contributed by atoms with Crippen LogP contribution in [0.4, 0.5) is 5.69 Å². The smallest absolute Gasteiger partial charge is 0.273 e. The van der Waals surface area contributed by atoms with Gasteiger partial charge in [-0.3, -0.25) is 14.6 Å². The lowest BCUT2D eigenvalue weighted by atomic mass is 10.1. The number of nitrogens with zero attached hydrogens (tertiary/aromatic N) is 2. The molecule has 152 valence electrons. The largest absolute Gasteiger partial charge is 0.486 e. The van der Waals surface area contributed by atoms with E-state index in [0.29, 0.717) is 27.5 Å². The zero-order valence-corrected chi connectivity index (χ0v) is 16.9. The predicted molar refractivity (Wildman–Crippen MR) is 117 cm³/mol. The standard InChI is InChI=1S/C22H19ClN4O3/c1-27-8-4-6-18(22(27)29)25-12-15-9-14-10-17(23)20(11-19(14)26-21(15)28)30-13-16-5-2-3-7-24-16/h2-11,25H,12-13H2,1H3,(H,26,28). The van der Waals surface area contributed by atoms with Crippen molar-refractivity contribution in [3.8, 4) is 5.75 Å². The molecule has 0 saturated heterocycles. The lowest BCUT2D eigenvalue weighted by Crippen LogP contribution is -2.22. The van der Waals surface area contributed by atoms with Crippen LogP contribution in [0, 0.1) is 0 Å². The van der Waals surface area contributed by atoms with Crippen molar-refractivity contribution in [1.29, 1.82) is 0 Å². The molecule has 0 bridgehead atoms. The summed E-state index contributed by atoms with van der Waals surface area (Å²) in [5.74, 6) is 0.462. The molecule has 3 heterocycles. The molecular weight excluding hydrogens is 404 g/mol. The third kappa shape index (κ3) is 4.21. The van der Waals surface area contributed by atoms with Crippen molar-refractivity contribution < 1.29 is 4.74 Å². The number of rotatable bonds is 6. The van der Waals surface area contributed by atoms with E-state index in [2.05, 4.69) is 15.3 Å². The molecule has 0 fully saturated rings. The predicted octanol–water partition coefficient (Wildman–Crippen LogP) is 3.47. The molecule has 8 heteroatoms. The van der Waals surface area contributed by atoms with E-state index in [1.165, 1.54) is 4.57 Å². The fourth-order valence-corrected chi connectivity index (χ4v) is 3.28. The summed E-state index contributed by atoms with van der Waals surface area (Å²) in [5.41, 5.74) is 1.89. The van der Waals surface area contributed by atoms with Crippen molar-refractivity contribution in [2.45, 2.75) is 13.2 Å². The summed E-state index contributed by atoms with van der Waals surface area (Å²) in [6, 6.07) is 14.2. The molecule has 4 rings (SSSR count). The van der Waals surface area contributed by atoms with Crippen LogP contribution in [-0.2, 0) is 20.2 Å². The van der Waals surface area contributed by atoms with Gasteiger partial charge in [0.15, 0.2) is 0 Å². The minimum atomic E-state index is -0.249. The van der Waals surface area contributed by atoms with Gasteiger partial charge in [-0.05, 0) is 36.4 Å². The maximum absolute atomic E-state index is 12.5. The van der Waals surface area contributed by atoms with Crippen LogP contribution in [0.5, 0.6) is 5.75 Å². The Bertz CT molecular complexity index is 1320. The zero-order valence-electron chi connectivity index (χ0n) is 16.2. The number of aryl methyl sites for hydroxylation is 1. The van der Waals surface area contributed by atoms with Crippen molar-refractivity contribution in [2.24, 2.45) is 7.05 Å². The van der Waals surface area contributed by atoms with Crippen molar-refractivity contribution >= 4 is 28.2 Å². The van der Waals surface area contributed by atoms with Gasteiger partial charge in [-0.2, -0.15) is 0 Å². The van der Waals surface area contributed by atoms with Crippen LogP contribution in [-0.4, -0.2) is 14.5 Å². The van der Waals surface area contributed by atoms with E-state index in [0.717, 1.165) is 11.1 Å². The maximum atomic E-state index is 12.5. The summed E-state index contributed by atoms with van der Waals surface area (Å²) in [6.45, 7) is 0.477. The van der Waals surface area contributed by atoms with E-state index in [-0.39, 0.29) is 24.3 Å². The van der Waals surface area contributed by atoms with Crippen LogP contribution in [0.15, 0.2) is 70.5 Å². The highest BCUT2D eigenvalue weighted by Gasteiger charge is 2.10. The van der Waals surface area contributed by atoms with Gasteiger partial charge >= 0.3 is 0 Å². The Morgan fingerprint density at radius 2 is 2.03 bits per heavy atom. The van der Waals surface area contributed by atoms with Gasteiger partial charge in [0.2, 0.25) is 0 Å². The molecule has 2 N–H and O–H groups in total. The second-order valence-corrected chi connectivity index (χ2v) is 7.20. The Hall–Kier alpha value is -3.58. The van der Waals surface area contributed by atoms with Gasteiger partial charge in [0.05, 0.1) is 16.2 Å². The molecule has 7 nitrogen and oxygen atoms in total. The number of benzene rings is 1. The molecule has 3 aromatic heterocycles. The number of fused-ring (bicyclic) bond motifs is 1. The molecule has 0 aliphatic carbocycles. The number of aromatic nitrogens is 3. The Labute approximate surface area is 176 Å². The van der Waals surface area contributed by atoms with Crippen molar-refractivity contribution in [1.82, 2.24) is 14.5 Å². The SMILES string of the molecule is Cn1cccc(NCc2cc3cc(Cl)c(OCc4ccccn4)cc3[nH]c2=O)c1=O. The second kappa shape index (κ2) is 8.42. The number of ether oxygens (including phenoxy) is 1. The van der Waals surface area contributed by atoms with Gasteiger partial charge in [-0.25, -0.2) is 0 Å². The zero-order chi connectivity index (χ0) is 21.1. The van der Waals surface area contributed by atoms with Crippen LogP contribution in [0.3, 0.4) is 0 Å². The average molecular weight is 423 g/mol. The number of H-pyrrole nitrogens is 1. The monoisotopic (exact) mass is 422 g/mol. The minimum absolute atomic E-state index is 0.160. The molecule has 0 radical (unpaired) electrons. The van der Waals surface area contributed by atoms with Crippen LogP contribution < -0.4 is 21.2 Å². The molecule has 0 aliphatic heterocycles. The first-order chi connectivity index (χ1) is 14.5. The molecule has 30 heavy (non-hydrogen) atoms. The molecule has 1 aromatic carbocycles.